The average Bonchev–Trinajstić information content (AvgIpc) is 3.19. The number of amides is 1. The normalized spacial score (nSPS) is 11.7. The number of aromatic nitrogens is 4. The van der Waals surface area contributed by atoms with Crippen molar-refractivity contribution in [2.75, 3.05) is 11.1 Å². The molecule has 0 saturated carbocycles. The highest BCUT2D eigenvalue weighted by molar-refractivity contribution is 7.99. The van der Waals surface area contributed by atoms with E-state index in [1.165, 1.54) is 34.8 Å². The lowest BCUT2D eigenvalue weighted by molar-refractivity contribution is -0.137. The van der Waals surface area contributed by atoms with E-state index in [4.69, 9.17) is 11.6 Å². The van der Waals surface area contributed by atoms with Gasteiger partial charge in [-0.2, -0.15) is 18.2 Å². The van der Waals surface area contributed by atoms with Crippen LogP contribution >= 0.6 is 23.4 Å². The first-order valence-corrected chi connectivity index (χ1v) is 11.7. The van der Waals surface area contributed by atoms with Crippen molar-refractivity contribution in [3.05, 3.63) is 81.4 Å². The molecule has 4 aromatic rings. The number of halogens is 5. The molecule has 0 aliphatic rings. The largest absolute Gasteiger partial charge is 0.418 e. The highest BCUT2D eigenvalue weighted by Gasteiger charge is 2.33. The van der Waals surface area contributed by atoms with E-state index in [0.717, 1.165) is 23.4 Å². The molecule has 0 radical (unpaired) electrons. The van der Waals surface area contributed by atoms with E-state index in [-0.39, 0.29) is 28.8 Å². The molecule has 0 saturated heterocycles. The summed E-state index contributed by atoms with van der Waals surface area (Å²) in [5, 5.41) is 7.16. The van der Waals surface area contributed by atoms with Crippen molar-refractivity contribution in [1.82, 2.24) is 19.6 Å². The molecule has 2 heterocycles. The minimum atomic E-state index is -4.59. The third kappa shape index (κ3) is 5.40. The van der Waals surface area contributed by atoms with Crippen LogP contribution in [0.15, 0.2) is 47.6 Å². The van der Waals surface area contributed by atoms with E-state index >= 15 is 0 Å². The molecule has 12 heteroatoms. The molecule has 1 N–H and O–H groups in total. The number of alkyl halides is 3. The summed E-state index contributed by atoms with van der Waals surface area (Å²) in [6, 6.07) is 9.22. The minimum Gasteiger partial charge on any atom is -0.325 e. The number of thioether (sulfide) groups is 1. The van der Waals surface area contributed by atoms with Gasteiger partial charge in [-0.1, -0.05) is 41.6 Å². The Morgan fingerprint density at radius 1 is 1.09 bits per heavy atom. The maximum absolute atomic E-state index is 14.3. The first-order chi connectivity index (χ1) is 16.5. The van der Waals surface area contributed by atoms with Gasteiger partial charge in [0.15, 0.2) is 0 Å². The van der Waals surface area contributed by atoms with E-state index in [0.29, 0.717) is 22.0 Å². The zero-order valence-corrected chi connectivity index (χ0v) is 20.0. The summed E-state index contributed by atoms with van der Waals surface area (Å²) in [6.07, 6.45) is -4.39. The number of hydrogen-bond acceptors (Lipinski definition) is 5. The van der Waals surface area contributed by atoms with Gasteiger partial charge in [-0.05, 0) is 43.7 Å². The number of nitrogens with zero attached hydrogens (tertiary/aromatic N) is 4. The Kier molecular flexibility index (Phi) is 7.00. The van der Waals surface area contributed by atoms with Crippen molar-refractivity contribution in [3.8, 4) is 0 Å². The molecule has 182 valence electrons. The number of aryl methyl sites for hydroxylation is 2. The van der Waals surface area contributed by atoms with E-state index < -0.39 is 23.5 Å². The Morgan fingerprint density at radius 2 is 1.83 bits per heavy atom. The van der Waals surface area contributed by atoms with Gasteiger partial charge in [0.1, 0.15) is 5.82 Å². The molecule has 0 unspecified atom stereocenters. The molecule has 35 heavy (non-hydrogen) atoms. The summed E-state index contributed by atoms with van der Waals surface area (Å²) < 4.78 is 55.2. The van der Waals surface area contributed by atoms with Gasteiger partial charge in [0, 0.05) is 28.4 Å². The summed E-state index contributed by atoms with van der Waals surface area (Å²) in [6.45, 7) is 3.56. The molecule has 2 aromatic heterocycles. The molecule has 0 aliphatic heterocycles. The highest BCUT2D eigenvalue weighted by atomic mass is 35.5. The van der Waals surface area contributed by atoms with Crippen molar-refractivity contribution < 1.29 is 22.4 Å². The Hall–Kier alpha value is -3.18. The first-order valence-electron chi connectivity index (χ1n) is 10.3. The van der Waals surface area contributed by atoms with Gasteiger partial charge in [-0.3, -0.25) is 4.79 Å². The number of hydrogen-bond donors (Lipinski definition) is 1. The summed E-state index contributed by atoms with van der Waals surface area (Å²) in [7, 11) is 0. The second kappa shape index (κ2) is 9.82. The lowest BCUT2D eigenvalue weighted by atomic mass is 10.0. The first kappa shape index (κ1) is 24.9. The van der Waals surface area contributed by atoms with Crippen LogP contribution in [0.1, 0.15) is 28.1 Å². The average molecular weight is 524 g/mol. The van der Waals surface area contributed by atoms with Crippen LogP contribution in [0.25, 0.3) is 5.78 Å². The smallest absolute Gasteiger partial charge is 0.325 e. The molecular formula is C23H18ClF4N5OS. The number of rotatable bonds is 6. The van der Waals surface area contributed by atoms with E-state index in [2.05, 4.69) is 20.4 Å². The summed E-state index contributed by atoms with van der Waals surface area (Å²) >= 11 is 7.13. The molecule has 0 fully saturated rings. The van der Waals surface area contributed by atoms with Gasteiger partial charge in [-0.25, -0.2) is 13.9 Å². The Bertz CT molecular complexity index is 1400. The number of nitrogens with one attached hydrogen (secondary N) is 1. The minimum absolute atomic E-state index is 0.204. The molecule has 2 aromatic carbocycles. The molecule has 0 aliphatic carbocycles. The molecule has 1 amide bonds. The Balaban J connectivity index is 1.52. The maximum Gasteiger partial charge on any atom is 0.418 e. The predicted octanol–water partition coefficient (Wildman–Crippen LogP) is 5.87. The van der Waals surface area contributed by atoms with Gasteiger partial charge < -0.3 is 5.32 Å². The number of fused-ring (bicyclic) bond motifs is 1. The zero-order chi connectivity index (χ0) is 25.3. The monoisotopic (exact) mass is 523 g/mol. The zero-order valence-electron chi connectivity index (χ0n) is 18.5. The van der Waals surface area contributed by atoms with Gasteiger partial charge in [0.2, 0.25) is 11.1 Å². The summed E-state index contributed by atoms with van der Waals surface area (Å²) in [4.78, 5) is 21.0. The van der Waals surface area contributed by atoms with Crippen LogP contribution in [-0.2, 0) is 17.4 Å². The molecule has 6 nitrogen and oxygen atoms in total. The van der Waals surface area contributed by atoms with Gasteiger partial charge >= 0.3 is 6.18 Å². The van der Waals surface area contributed by atoms with Crippen molar-refractivity contribution in [1.29, 1.82) is 0 Å². The van der Waals surface area contributed by atoms with Crippen LogP contribution in [0, 0.1) is 19.7 Å². The van der Waals surface area contributed by atoms with Gasteiger partial charge in [0.25, 0.3) is 5.78 Å². The molecule has 0 atom stereocenters. The second-order valence-corrected chi connectivity index (χ2v) is 8.97. The van der Waals surface area contributed by atoms with Crippen molar-refractivity contribution >= 4 is 40.7 Å². The lowest BCUT2D eigenvalue weighted by Crippen LogP contribution is -2.18. The summed E-state index contributed by atoms with van der Waals surface area (Å²) in [5.74, 6) is -0.988. The molecule has 0 bridgehead atoms. The van der Waals surface area contributed by atoms with Crippen LogP contribution in [0.3, 0.4) is 0 Å². The number of carbonyl (C=O) groups excluding carboxylic acids is 1. The quantitative estimate of drug-likeness (QED) is 0.253. The third-order valence-electron chi connectivity index (χ3n) is 5.28. The Morgan fingerprint density at radius 3 is 2.54 bits per heavy atom. The number of anilines is 1. The third-order valence-corrected chi connectivity index (χ3v) is 6.48. The maximum atomic E-state index is 14.3. The second-order valence-electron chi connectivity index (χ2n) is 7.62. The van der Waals surface area contributed by atoms with Crippen LogP contribution in [0.5, 0.6) is 0 Å². The fourth-order valence-corrected chi connectivity index (χ4v) is 4.39. The fourth-order valence-electron chi connectivity index (χ4n) is 3.54. The van der Waals surface area contributed by atoms with E-state index in [1.54, 1.807) is 19.9 Å². The van der Waals surface area contributed by atoms with E-state index in [9.17, 15) is 22.4 Å². The van der Waals surface area contributed by atoms with Gasteiger partial charge in [-0.15, -0.1) is 5.10 Å². The standard InChI is InChI=1S/C23H18ClF4N5OS/c1-12-14(10-15-17(24)7-5-8-18(15)25)13(2)33-21(29-12)31-22(32-33)35-11-20(34)30-19-9-4-3-6-16(19)23(26,27)28/h3-9H,10-11H2,1-2H3,(H,30,34). The topological polar surface area (TPSA) is 72.2 Å². The van der Waals surface area contributed by atoms with E-state index in [1.807, 2.05) is 0 Å². The molecular weight excluding hydrogens is 506 g/mol. The van der Waals surface area contributed by atoms with Crippen LogP contribution in [0.2, 0.25) is 5.02 Å². The fraction of sp³-hybridized carbons (Fsp3) is 0.217. The van der Waals surface area contributed by atoms with Crippen molar-refractivity contribution in [3.63, 3.8) is 0 Å². The van der Waals surface area contributed by atoms with Gasteiger partial charge in [0.05, 0.1) is 17.0 Å². The lowest BCUT2D eigenvalue weighted by Gasteiger charge is -2.13. The molecule has 0 spiro atoms. The number of para-hydroxylation sites is 1. The SMILES string of the molecule is Cc1nc2nc(SCC(=O)Nc3ccccc3C(F)(F)F)nn2c(C)c1Cc1c(F)cccc1Cl. The Labute approximate surface area is 206 Å². The van der Waals surface area contributed by atoms with Crippen molar-refractivity contribution in [2.45, 2.75) is 31.6 Å². The van der Waals surface area contributed by atoms with Crippen molar-refractivity contribution in [2.24, 2.45) is 0 Å². The van der Waals surface area contributed by atoms with Crippen LogP contribution < -0.4 is 5.32 Å². The highest BCUT2D eigenvalue weighted by Crippen LogP contribution is 2.34. The number of carbonyl (C=O) groups is 1. The molecule has 4 rings (SSSR count). The van der Waals surface area contributed by atoms with Crippen LogP contribution in [-0.4, -0.2) is 31.2 Å². The summed E-state index contributed by atoms with van der Waals surface area (Å²) in [5.41, 5.74) is 1.12. The predicted molar refractivity (Wildman–Crippen MR) is 125 cm³/mol. The van der Waals surface area contributed by atoms with Crippen LogP contribution in [0.4, 0.5) is 23.2 Å². The number of benzene rings is 2.